The maximum Gasteiger partial charge on any atom is 0.236 e. The van der Waals surface area contributed by atoms with E-state index in [1.165, 1.54) is 5.56 Å². The van der Waals surface area contributed by atoms with E-state index in [2.05, 4.69) is 22.0 Å². The summed E-state index contributed by atoms with van der Waals surface area (Å²) in [6.07, 6.45) is 1.26. The number of aryl methyl sites for hydroxylation is 1. The Morgan fingerprint density at radius 3 is 2.73 bits per heavy atom. The maximum atomic E-state index is 12.9. The lowest BCUT2D eigenvalue weighted by molar-refractivity contribution is -0.130. The van der Waals surface area contributed by atoms with E-state index in [4.69, 9.17) is 9.15 Å². The summed E-state index contributed by atoms with van der Waals surface area (Å²) in [5.74, 6) is 2.32. The molecule has 1 aromatic carbocycles. The predicted molar refractivity (Wildman–Crippen MR) is 118 cm³/mol. The van der Waals surface area contributed by atoms with Crippen LogP contribution in [0.2, 0.25) is 0 Å². The minimum Gasteiger partial charge on any atom is -0.497 e. The molecule has 3 heterocycles. The zero-order valence-corrected chi connectivity index (χ0v) is 18.3. The third kappa shape index (κ3) is 4.91. The molecule has 1 amide bonds. The minimum absolute atomic E-state index is 0.121. The molecule has 1 fully saturated rings. The highest BCUT2D eigenvalue weighted by Crippen LogP contribution is 2.26. The number of benzene rings is 1. The molecule has 2 aromatic heterocycles. The minimum atomic E-state index is 0.121. The van der Waals surface area contributed by atoms with E-state index in [-0.39, 0.29) is 5.91 Å². The smallest absolute Gasteiger partial charge is 0.236 e. The Kier molecular flexibility index (Phi) is 6.50. The van der Waals surface area contributed by atoms with Crippen LogP contribution in [0.4, 0.5) is 0 Å². The van der Waals surface area contributed by atoms with Gasteiger partial charge in [-0.3, -0.25) is 9.69 Å². The number of thiophene rings is 1. The molecule has 158 valence electrons. The van der Waals surface area contributed by atoms with Crippen molar-refractivity contribution in [3.8, 4) is 16.5 Å². The van der Waals surface area contributed by atoms with Gasteiger partial charge in [0.15, 0.2) is 0 Å². The van der Waals surface area contributed by atoms with Gasteiger partial charge in [0, 0.05) is 32.7 Å². The van der Waals surface area contributed by atoms with E-state index < -0.39 is 0 Å². The second-order valence-corrected chi connectivity index (χ2v) is 8.48. The van der Waals surface area contributed by atoms with E-state index >= 15 is 0 Å². The number of oxazole rings is 1. The molecule has 0 unspecified atom stereocenters. The molecule has 0 aliphatic carbocycles. The van der Waals surface area contributed by atoms with Gasteiger partial charge in [0.25, 0.3) is 0 Å². The summed E-state index contributed by atoms with van der Waals surface area (Å²) in [5.41, 5.74) is 2.00. The third-order valence-electron chi connectivity index (χ3n) is 5.45. The summed E-state index contributed by atoms with van der Waals surface area (Å²) in [4.78, 5) is 22.8. The Morgan fingerprint density at radius 1 is 1.17 bits per heavy atom. The van der Waals surface area contributed by atoms with Crippen LogP contribution in [0.25, 0.3) is 10.8 Å². The van der Waals surface area contributed by atoms with Crippen molar-refractivity contribution in [1.82, 2.24) is 14.8 Å². The maximum absolute atomic E-state index is 12.9. The first-order chi connectivity index (χ1) is 14.6. The fourth-order valence-electron chi connectivity index (χ4n) is 3.72. The van der Waals surface area contributed by atoms with Gasteiger partial charge in [0.1, 0.15) is 11.5 Å². The molecule has 0 radical (unpaired) electrons. The molecule has 0 saturated carbocycles. The average molecular weight is 426 g/mol. The molecule has 1 aliphatic heterocycles. The van der Waals surface area contributed by atoms with Crippen LogP contribution >= 0.6 is 11.3 Å². The second-order valence-electron chi connectivity index (χ2n) is 7.53. The molecule has 7 heteroatoms. The lowest BCUT2D eigenvalue weighted by Crippen LogP contribution is -2.36. The van der Waals surface area contributed by atoms with E-state index in [1.807, 2.05) is 41.5 Å². The van der Waals surface area contributed by atoms with Gasteiger partial charge in [-0.2, -0.15) is 0 Å². The Morgan fingerprint density at radius 2 is 2.00 bits per heavy atom. The van der Waals surface area contributed by atoms with Crippen molar-refractivity contribution in [2.24, 2.45) is 0 Å². The number of carbonyl (C=O) groups excluding carboxylic acids is 1. The monoisotopic (exact) mass is 425 g/mol. The molecule has 0 N–H and O–H groups in total. The van der Waals surface area contributed by atoms with Crippen LogP contribution in [-0.4, -0.2) is 54.0 Å². The Hall–Kier alpha value is -2.64. The first-order valence-corrected chi connectivity index (χ1v) is 11.1. The van der Waals surface area contributed by atoms with Crippen LogP contribution in [0.1, 0.15) is 23.4 Å². The van der Waals surface area contributed by atoms with E-state index in [0.29, 0.717) is 12.3 Å². The standard InChI is InChI=1S/C23H27N3O3S/c1-17-20(24-23(29-17)21-5-3-14-30-21)15-22(27)26-11-4-10-25(12-13-26)16-18-6-8-19(28-2)9-7-18/h3,5-9,14H,4,10-13,15-16H2,1-2H3. The van der Waals surface area contributed by atoms with Crippen LogP contribution in [0.15, 0.2) is 46.2 Å². The summed E-state index contributed by atoms with van der Waals surface area (Å²) in [6.45, 7) is 6.15. The van der Waals surface area contributed by atoms with Gasteiger partial charge in [-0.05, 0) is 42.5 Å². The van der Waals surface area contributed by atoms with Crippen LogP contribution in [0, 0.1) is 6.92 Å². The molecular weight excluding hydrogens is 398 g/mol. The van der Waals surface area contributed by atoms with Crippen molar-refractivity contribution < 1.29 is 13.9 Å². The molecule has 0 bridgehead atoms. The first kappa shape index (κ1) is 20.6. The largest absolute Gasteiger partial charge is 0.497 e. The third-order valence-corrected chi connectivity index (χ3v) is 6.31. The average Bonchev–Trinajstić information content (AvgIpc) is 3.34. The van der Waals surface area contributed by atoms with Crippen molar-refractivity contribution in [2.75, 3.05) is 33.3 Å². The van der Waals surface area contributed by atoms with Gasteiger partial charge >= 0.3 is 0 Å². The SMILES string of the molecule is COc1ccc(CN2CCCN(C(=O)Cc3nc(-c4cccs4)oc3C)CC2)cc1. The lowest BCUT2D eigenvalue weighted by Gasteiger charge is -2.22. The molecule has 1 saturated heterocycles. The number of rotatable bonds is 6. The Labute approximate surface area is 181 Å². The second kappa shape index (κ2) is 9.45. The van der Waals surface area contributed by atoms with Crippen LogP contribution in [0.5, 0.6) is 5.75 Å². The highest BCUT2D eigenvalue weighted by molar-refractivity contribution is 7.13. The van der Waals surface area contributed by atoms with Gasteiger partial charge < -0.3 is 14.1 Å². The molecule has 1 aliphatic rings. The summed E-state index contributed by atoms with van der Waals surface area (Å²) in [7, 11) is 1.68. The summed E-state index contributed by atoms with van der Waals surface area (Å²) < 4.78 is 11.0. The summed E-state index contributed by atoms with van der Waals surface area (Å²) in [6, 6.07) is 12.1. The molecule has 30 heavy (non-hydrogen) atoms. The molecule has 0 atom stereocenters. The Balaban J connectivity index is 1.33. The van der Waals surface area contributed by atoms with Crippen LogP contribution in [-0.2, 0) is 17.8 Å². The topological polar surface area (TPSA) is 58.8 Å². The number of nitrogens with zero attached hydrogens (tertiary/aromatic N) is 3. The molecule has 4 rings (SSSR count). The van der Waals surface area contributed by atoms with Gasteiger partial charge in [-0.15, -0.1) is 11.3 Å². The number of methoxy groups -OCH3 is 1. The number of ether oxygens (including phenoxy) is 1. The lowest BCUT2D eigenvalue weighted by atomic mass is 10.2. The van der Waals surface area contributed by atoms with Crippen molar-refractivity contribution in [3.05, 3.63) is 58.8 Å². The fourth-order valence-corrected chi connectivity index (χ4v) is 4.37. The van der Waals surface area contributed by atoms with E-state index in [1.54, 1.807) is 18.4 Å². The fraction of sp³-hybridized carbons (Fsp3) is 0.391. The van der Waals surface area contributed by atoms with Gasteiger partial charge in [-0.25, -0.2) is 4.98 Å². The molecular formula is C23H27N3O3S. The predicted octanol–water partition coefficient (Wildman–Crippen LogP) is 4.00. The number of carbonyl (C=O) groups is 1. The van der Waals surface area contributed by atoms with E-state index in [9.17, 15) is 4.79 Å². The Bertz CT molecular complexity index is 966. The molecule has 3 aromatic rings. The van der Waals surface area contributed by atoms with Gasteiger partial charge in [0.2, 0.25) is 11.8 Å². The van der Waals surface area contributed by atoms with Crippen molar-refractivity contribution in [2.45, 2.75) is 26.3 Å². The van der Waals surface area contributed by atoms with Crippen LogP contribution < -0.4 is 4.74 Å². The van der Waals surface area contributed by atoms with Crippen molar-refractivity contribution in [3.63, 3.8) is 0 Å². The molecule has 0 spiro atoms. The summed E-state index contributed by atoms with van der Waals surface area (Å²) >= 11 is 1.59. The van der Waals surface area contributed by atoms with Gasteiger partial charge in [0.05, 0.1) is 24.1 Å². The number of aromatic nitrogens is 1. The summed E-state index contributed by atoms with van der Waals surface area (Å²) in [5, 5.41) is 1.99. The van der Waals surface area contributed by atoms with Crippen LogP contribution in [0.3, 0.4) is 0 Å². The molecule has 6 nitrogen and oxygen atoms in total. The quantitative estimate of drug-likeness (QED) is 0.598. The number of hydrogen-bond acceptors (Lipinski definition) is 6. The zero-order chi connectivity index (χ0) is 20.9. The van der Waals surface area contributed by atoms with Crippen molar-refractivity contribution in [1.29, 1.82) is 0 Å². The highest BCUT2D eigenvalue weighted by atomic mass is 32.1. The number of amides is 1. The first-order valence-electron chi connectivity index (χ1n) is 10.3. The van der Waals surface area contributed by atoms with E-state index in [0.717, 1.165) is 61.2 Å². The zero-order valence-electron chi connectivity index (χ0n) is 17.5. The normalized spacial score (nSPS) is 15.2. The highest BCUT2D eigenvalue weighted by Gasteiger charge is 2.22. The number of hydrogen-bond donors (Lipinski definition) is 0. The van der Waals surface area contributed by atoms with Gasteiger partial charge in [-0.1, -0.05) is 18.2 Å². The van der Waals surface area contributed by atoms with Crippen molar-refractivity contribution >= 4 is 17.2 Å².